The van der Waals surface area contributed by atoms with Gasteiger partial charge in [0.25, 0.3) is 5.69 Å². The Labute approximate surface area is 123 Å². The van der Waals surface area contributed by atoms with Crippen LogP contribution in [0.25, 0.3) is 0 Å². The lowest BCUT2D eigenvalue weighted by atomic mass is 10.0. The minimum atomic E-state index is -0.372. The first-order valence-corrected chi connectivity index (χ1v) is 6.97. The number of carbonyl (C=O) groups is 1. The van der Waals surface area contributed by atoms with Crippen molar-refractivity contribution in [3.05, 3.63) is 39.9 Å². The molecule has 114 valence electrons. The van der Waals surface area contributed by atoms with Gasteiger partial charge in [-0.1, -0.05) is 18.2 Å². The zero-order valence-corrected chi connectivity index (χ0v) is 12.2. The van der Waals surface area contributed by atoms with E-state index in [1.54, 1.807) is 25.2 Å². The molecule has 0 spiro atoms. The molecule has 1 saturated heterocycles. The molecule has 2 rings (SSSR count). The molecule has 1 aliphatic heterocycles. The number of nitro benzene ring substituents is 1. The molecule has 1 aliphatic rings. The van der Waals surface area contributed by atoms with E-state index < -0.39 is 0 Å². The van der Waals surface area contributed by atoms with E-state index in [0.717, 1.165) is 6.54 Å². The molecule has 0 bridgehead atoms. The third-order valence-electron chi connectivity index (χ3n) is 3.91. The van der Waals surface area contributed by atoms with Crippen LogP contribution in [-0.4, -0.2) is 48.5 Å². The van der Waals surface area contributed by atoms with E-state index in [0.29, 0.717) is 18.7 Å². The molecule has 2 unspecified atom stereocenters. The van der Waals surface area contributed by atoms with Gasteiger partial charge in [-0.2, -0.15) is 0 Å². The Morgan fingerprint density at radius 2 is 2.24 bits per heavy atom. The lowest BCUT2D eigenvalue weighted by molar-refractivity contribution is -0.386. The smallest absolute Gasteiger partial charge is 0.274 e. The number of piperazine rings is 1. The fraction of sp³-hybridized carbons (Fsp3) is 0.500. The number of carbonyl (C=O) groups excluding carboxylic acids is 1. The van der Waals surface area contributed by atoms with E-state index in [1.807, 2.05) is 11.8 Å². The minimum absolute atomic E-state index is 0.0763. The molecule has 1 heterocycles. The quantitative estimate of drug-likeness (QED) is 0.629. The molecule has 1 aromatic rings. The molecule has 1 fully saturated rings. The first-order valence-electron chi connectivity index (χ1n) is 6.97. The molecule has 7 heteroatoms. The summed E-state index contributed by atoms with van der Waals surface area (Å²) in [5.74, 6) is -0.0763. The molecule has 0 aromatic heterocycles. The summed E-state index contributed by atoms with van der Waals surface area (Å²) in [6, 6.07) is 6.18. The minimum Gasteiger partial charge on any atom is -0.358 e. The average Bonchev–Trinajstić information content (AvgIpc) is 2.53. The number of benzene rings is 1. The second-order valence-electron chi connectivity index (χ2n) is 5.06. The molecule has 21 heavy (non-hydrogen) atoms. The van der Waals surface area contributed by atoms with Crippen LogP contribution in [0, 0.1) is 10.1 Å². The van der Waals surface area contributed by atoms with Crippen LogP contribution in [0.15, 0.2) is 24.3 Å². The summed E-state index contributed by atoms with van der Waals surface area (Å²) in [5, 5.41) is 17.0. The van der Waals surface area contributed by atoms with Crippen LogP contribution in [0.3, 0.4) is 0 Å². The summed E-state index contributed by atoms with van der Waals surface area (Å²) in [4.78, 5) is 24.8. The molecule has 0 radical (unpaired) electrons. The third kappa shape index (κ3) is 3.20. The number of amides is 1. The van der Waals surface area contributed by atoms with Crippen LogP contribution >= 0.6 is 0 Å². The summed E-state index contributed by atoms with van der Waals surface area (Å²) >= 11 is 0. The van der Waals surface area contributed by atoms with E-state index in [2.05, 4.69) is 10.6 Å². The Hall–Kier alpha value is -1.99. The molecule has 0 saturated carbocycles. The molecule has 2 atom stereocenters. The van der Waals surface area contributed by atoms with E-state index in [1.165, 1.54) is 6.07 Å². The van der Waals surface area contributed by atoms with Gasteiger partial charge in [-0.15, -0.1) is 0 Å². The van der Waals surface area contributed by atoms with Crippen molar-refractivity contribution in [3.8, 4) is 0 Å². The van der Waals surface area contributed by atoms with E-state index in [4.69, 9.17) is 0 Å². The third-order valence-corrected chi connectivity index (χ3v) is 3.91. The van der Waals surface area contributed by atoms with Gasteiger partial charge in [-0.3, -0.25) is 19.8 Å². The summed E-state index contributed by atoms with van der Waals surface area (Å²) in [6.07, 6.45) is 0. The maximum Gasteiger partial charge on any atom is 0.274 e. The van der Waals surface area contributed by atoms with Gasteiger partial charge >= 0.3 is 0 Å². The Morgan fingerprint density at radius 1 is 1.52 bits per heavy atom. The lowest BCUT2D eigenvalue weighted by Gasteiger charge is -2.39. The topological polar surface area (TPSA) is 87.5 Å². The van der Waals surface area contributed by atoms with Crippen LogP contribution in [0.4, 0.5) is 5.69 Å². The van der Waals surface area contributed by atoms with Gasteiger partial charge in [0.15, 0.2) is 0 Å². The van der Waals surface area contributed by atoms with Gasteiger partial charge in [0.05, 0.1) is 4.92 Å². The Bertz CT molecular complexity index is 535. The summed E-state index contributed by atoms with van der Waals surface area (Å²) in [6.45, 7) is 3.89. The van der Waals surface area contributed by atoms with Gasteiger partial charge in [0, 0.05) is 44.4 Å². The molecule has 7 nitrogen and oxygen atoms in total. The Kier molecular flexibility index (Phi) is 4.87. The van der Waals surface area contributed by atoms with Crippen LogP contribution in [0.5, 0.6) is 0 Å². The van der Waals surface area contributed by atoms with Gasteiger partial charge < -0.3 is 10.6 Å². The largest absolute Gasteiger partial charge is 0.358 e. The molecule has 2 N–H and O–H groups in total. The van der Waals surface area contributed by atoms with Crippen LogP contribution in [-0.2, 0) is 4.79 Å². The molecular weight excluding hydrogens is 272 g/mol. The number of hydrogen-bond acceptors (Lipinski definition) is 5. The lowest BCUT2D eigenvalue weighted by Crippen LogP contribution is -2.57. The van der Waals surface area contributed by atoms with Crippen LogP contribution < -0.4 is 10.6 Å². The Balaban J connectivity index is 2.31. The highest BCUT2D eigenvalue weighted by molar-refractivity contribution is 5.82. The summed E-state index contributed by atoms with van der Waals surface area (Å²) in [7, 11) is 1.60. The first-order chi connectivity index (χ1) is 10.1. The van der Waals surface area contributed by atoms with Crippen molar-refractivity contribution >= 4 is 11.6 Å². The highest BCUT2D eigenvalue weighted by Crippen LogP contribution is 2.30. The predicted octanol–water partition coefficient (Wildman–Crippen LogP) is 0.676. The highest BCUT2D eigenvalue weighted by atomic mass is 16.6. The molecule has 1 aromatic carbocycles. The van der Waals surface area contributed by atoms with Crippen molar-refractivity contribution in [3.63, 3.8) is 0 Å². The van der Waals surface area contributed by atoms with Crippen molar-refractivity contribution < 1.29 is 9.72 Å². The fourth-order valence-corrected chi connectivity index (χ4v) is 2.78. The second kappa shape index (κ2) is 6.64. The normalized spacial score (nSPS) is 20.8. The zero-order chi connectivity index (χ0) is 15.4. The number of nitro groups is 1. The van der Waals surface area contributed by atoms with Crippen molar-refractivity contribution in [1.29, 1.82) is 0 Å². The highest BCUT2D eigenvalue weighted by Gasteiger charge is 2.33. The number of para-hydroxylation sites is 1. The van der Waals surface area contributed by atoms with Gasteiger partial charge in [-0.25, -0.2) is 0 Å². The van der Waals surface area contributed by atoms with E-state index in [9.17, 15) is 14.9 Å². The summed E-state index contributed by atoms with van der Waals surface area (Å²) < 4.78 is 0. The predicted molar refractivity (Wildman–Crippen MR) is 78.9 cm³/mol. The number of likely N-dealkylation sites (N-methyl/N-ethyl adjacent to an activating group) is 1. The average molecular weight is 292 g/mol. The second-order valence-corrected chi connectivity index (χ2v) is 5.06. The number of nitrogens with zero attached hydrogens (tertiary/aromatic N) is 2. The standard InChI is InChI=1S/C14H20N4O3/c1-10(11-5-3-4-6-12(11)18(20)21)17-8-7-16-9-13(17)14(19)15-2/h3-6,10,13,16H,7-9H2,1-2H3,(H,15,19). The molecular formula is C14H20N4O3. The first kappa shape index (κ1) is 15.4. The zero-order valence-electron chi connectivity index (χ0n) is 12.2. The summed E-state index contributed by atoms with van der Waals surface area (Å²) in [5.41, 5.74) is 0.734. The van der Waals surface area contributed by atoms with Crippen molar-refractivity contribution in [2.24, 2.45) is 0 Å². The van der Waals surface area contributed by atoms with E-state index >= 15 is 0 Å². The maximum atomic E-state index is 12.0. The number of rotatable bonds is 4. The molecule has 0 aliphatic carbocycles. The van der Waals surface area contributed by atoms with Gasteiger partial charge in [0.2, 0.25) is 5.91 Å². The van der Waals surface area contributed by atoms with Crippen LogP contribution in [0.1, 0.15) is 18.5 Å². The monoisotopic (exact) mass is 292 g/mol. The SMILES string of the molecule is CNC(=O)C1CNCCN1C(C)c1ccccc1[N+](=O)[O-]. The van der Waals surface area contributed by atoms with Gasteiger partial charge in [0.1, 0.15) is 6.04 Å². The fourth-order valence-electron chi connectivity index (χ4n) is 2.78. The van der Waals surface area contributed by atoms with Crippen molar-refractivity contribution in [1.82, 2.24) is 15.5 Å². The van der Waals surface area contributed by atoms with Gasteiger partial charge in [-0.05, 0) is 6.92 Å². The number of nitrogens with one attached hydrogen (secondary N) is 2. The van der Waals surface area contributed by atoms with Crippen molar-refractivity contribution in [2.45, 2.75) is 19.0 Å². The Morgan fingerprint density at radius 3 is 2.90 bits per heavy atom. The van der Waals surface area contributed by atoms with Crippen molar-refractivity contribution in [2.75, 3.05) is 26.7 Å². The molecule has 1 amide bonds. The van der Waals surface area contributed by atoms with E-state index in [-0.39, 0.29) is 28.6 Å². The number of hydrogen-bond donors (Lipinski definition) is 2. The van der Waals surface area contributed by atoms with Crippen LogP contribution in [0.2, 0.25) is 0 Å². The maximum absolute atomic E-state index is 12.0.